The number of rotatable bonds is 3. The van der Waals surface area contributed by atoms with Gasteiger partial charge in [-0.3, -0.25) is 0 Å². The van der Waals surface area contributed by atoms with Gasteiger partial charge in [-0.25, -0.2) is 0 Å². The Morgan fingerprint density at radius 1 is 1.58 bits per heavy atom. The summed E-state index contributed by atoms with van der Waals surface area (Å²) in [6, 6.07) is 4.87. The predicted molar refractivity (Wildman–Crippen MR) is 51.5 cm³/mol. The van der Waals surface area contributed by atoms with Gasteiger partial charge in [0.15, 0.2) is 0 Å². The van der Waals surface area contributed by atoms with Crippen molar-refractivity contribution in [3.63, 3.8) is 0 Å². The molecule has 1 aromatic rings. The van der Waals surface area contributed by atoms with Crippen LogP contribution in [0.2, 0.25) is 0 Å². The number of hydrogen-bond donors (Lipinski definition) is 1. The fourth-order valence-corrected chi connectivity index (χ4v) is 1.11. The molecule has 12 heavy (non-hydrogen) atoms. The van der Waals surface area contributed by atoms with Crippen LogP contribution < -0.4 is 4.74 Å². The van der Waals surface area contributed by atoms with Crippen molar-refractivity contribution in [2.45, 2.75) is 0 Å². The Balaban J connectivity index is 2.82. The standard InChI is InChI=1S/C9H9BrO2/c1-2-5-12-9-6-7(11)3-4-8(9)10/h2-4,6,11H,1,5H2. The minimum Gasteiger partial charge on any atom is -0.508 e. The minimum atomic E-state index is 0.192. The van der Waals surface area contributed by atoms with E-state index in [1.165, 1.54) is 0 Å². The fraction of sp³-hybridized carbons (Fsp3) is 0.111. The highest BCUT2D eigenvalue weighted by molar-refractivity contribution is 9.10. The Hall–Kier alpha value is -0.960. The van der Waals surface area contributed by atoms with Crippen LogP contribution in [0.1, 0.15) is 0 Å². The number of aromatic hydroxyl groups is 1. The SMILES string of the molecule is C=CCOc1cc(O)ccc1Br. The van der Waals surface area contributed by atoms with Gasteiger partial charge in [0.1, 0.15) is 18.1 Å². The van der Waals surface area contributed by atoms with Crippen molar-refractivity contribution in [3.05, 3.63) is 35.3 Å². The molecule has 64 valence electrons. The summed E-state index contributed by atoms with van der Waals surface area (Å²) in [5, 5.41) is 9.11. The third-order valence-corrected chi connectivity index (χ3v) is 1.93. The molecule has 0 atom stereocenters. The van der Waals surface area contributed by atoms with Crippen LogP contribution >= 0.6 is 15.9 Å². The molecule has 1 aromatic carbocycles. The molecule has 0 amide bonds. The minimum absolute atomic E-state index is 0.192. The van der Waals surface area contributed by atoms with Gasteiger partial charge in [-0.05, 0) is 28.1 Å². The third kappa shape index (κ3) is 2.27. The molecule has 0 bridgehead atoms. The maximum atomic E-state index is 9.11. The summed E-state index contributed by atoms with van der Waals surface area (Å²) in [5.74, 6) is 0.812. The lowest BCUT2D eigenvalue weighted by molar-refractivity contribution is 0.357. The number of ether oxygens (including phenoxy) is 1. The van der Waals surface area contributed by atoms with Crippen molar-refractivity contribution in [1.29, 1.82) is 0 Å². The molecule has 0 saturated carbocycles. The zero-order valence-corrected chi connectivity index (χ0v) is 8.04. The van der Waals surface area contributed by atoms with Crippen molar-refractivity contribution < 1.29 is 9.84 Å². The van der Waals surface area contributed by atoms with Crippen molar-refractivity contribution in [2.75, 3.05) is 6.61 Å². The van der Waals surface area contributed by atoms with Gasteiger partial charge in [-0.2, -0.15) is 0 Å². The normalized spacial score (nSPS) is 9.42. The molecule has 0 aliphatic rings. The van der Waals surface area contributed by atoms with Crippen LogP contribution in [0, 0.1) is 0 Å². The zero-order valence-electron chi connectivity index (χ0n) is 6.46. The highest BCUT2D eigenvalue weighted by Crippen LogP contribution is 2.28. The molecule has 0 aromatic heterocycles. The first kappa shape index (κ1) is 9.13. The van der Waals surface area contributed by atoms with E-state index in [1.807, 2.05) is 0 Å². The second kappa shape index (κ2) is 4.16. The van der Waals surface area contributed by atoms with E-state index < -0.39 is 0 Å². The van der Waals surface area contributed by atoms with Crippen LogP contribution in [-0.2, 0) is 0 Å². The Morgan fingerprint density at radius 3 is 3.00 bits per heavy atom. The maximum Gasteiger partial charge on any atom is 0.137 e. The Kier molecular flexibility index (Phi) is 3.17. The number of benzene rings is 1. The second-order valence-corrected chi connectivity index (χ2v) is 3.07. The van der Waals surface area contributed by atoms with E-state index >= 15 is 0 Å². The van der Waals surface area contributed by atoms with Gasteiger partial charge in [0.25, 0.3) is 0 Å². The van der Waals surface area contributed by atoms with Crippen molar-refractivity contribution in [1.82, 2.24) is 0 Å². The lowest BCUT2D eigenvalue weighted by Gasteiger charge is -2.05. The second-order valence-electron chi connectivity index (χ2n) is 2.21. The number of phenols is 1. The maximum absolute atomic E-state index is 9.11. The van der Waals surface area contributed by atoms with Crippen LogP contribution in [0.15, 0.2) is 35.3 Å². The van der Waals surface area contributed by atoms with E-state index in [0.29, 0.717) is 12.4 Å². The molecule has 0 fully saturated rings. The van der Waals surface area contributed by atoms with Crippen LogP contribution in [0.3, 0.4) is 0 Å². The number of hydrogen-bond acceptors (Lipinski definition) is 2. The van der Waals surface area contributed by atoms with Gasteiger partial charge in [-0.1, -0.05) is 12.7 Å². The molecule has 1 rings (SSSR count). The summed E-state index contributed by atoms with van der Waals surface area (Å²) in [5.41, 5.74) is 0. The first-order chi connectivity index (χ1) is 5.74. The average Bonchev–Trinajstić information content (AvgIpc) is 2.07. The molecule has 0 radical (unpaired) electrons. The van der Waals surface area contributed by atoms with Gasteiger partial charge in [0, 0.05) is 6.07 Å². The highest BCUT2D eigenvalue weighted by Gasteiger charge is 2.00. The van der Waals surface area contributed by atoms with Crippen LogP contribution in [0.5, 0.6) is 11.5 Å². The van der Waals surface area contributed by atoms with Gasteiger partial charge < -0.3 is 9.84 Å². The molecule has 0 aliphatic heterocycles. The average molecular weight is 229 g/mol. The molecule has 3 heteroatoms. The highest BCUT2D eigenvalue weighted by atomic mass is 79.9. The van der Waals surface area contributed by atoms with Crippen molar-refractivity contribution in [2.24, 2.45) is 0 Å². The quantitative estimate of drug-likeness (QED) is 0.807. The lowest BCUT2D eigenvalue weighted by Crippen LogP contribution is -1.92. The van der Waals surface area contributed by atoms with Gasteiger partial charge in [-0.15, -0.1) is 0 Å². The molecule has 2 nitrogen and oxygen atoms in total. The van der Waals surface area contributed by atoms with Crippen LogP contribution in [0.4, 0.5) is 0 Å². The van der Waals surface area contributed by atoms with E-state index in [2.05, 4.69) is 22.5 Å². The number of halogens is 1. The molecule has 0 heterocycles. The van der Waals surface area contributed by atoms with Crippen LogP contribution in [-0.4, -0.2) is 11.7 Å². The first-order valence-electron chi connectivity index (χ1n) is 3.46. The van der Waals surface area contributed by atoms with Gasteiger partial charge >= 0.3 is 0 Å². The van der Waals surface area contributed by atoms with Crippen molar-refractivity contribution in [3.8, 4) is 11.5 Å². The third-order valence-electron chi connectivity index (χ3n) is 1.27. The summed E-state index contributed by atoms with van der Waals surface area (Å²) in [6.45, 7) is 3.96. The topological polar surface area (TPSA) is 29.5 Å². The first-order valence-corrected chi connectivity index (χ1v) is 4.25. The summed E-state index contributed by atoms with van der Waals surface area (Å²) in [7, 11) is 0. The smallest absolute Gasteiger partial charge is 0.137 e. The molecule has 0 saturated heterocycles. The van der Waals surface area contributed by atoms with E-state index in [9.17, 15) is 0 Å². The summed E-state index contributed by atoms with van der Waals surface area (Å²) in [6.07, 6.45) is 1.65. The summed E-state index contributed by atoms with van der Waals surface area (Å²) < 4.78 is 6.06. The molecule has 1 N–H and O–H groups in total. The monoisotopic (exact) mass is 228 g/mol. The fourth-order valence-electron chi connectivity index (χ4n) is 0.751. The molecule has 0 unspecified atom stereocenters. The largest absolute Gasteiger partial charge is 0.508 e. The zero-order chi connectivity index (χ0) is 8.97. The van der Waals surface area contributed by atoms with Crippen LogP contribution in [0.25, 0.3) is 0 Å². The summed E-state index contributed by atoms with van der Waals surface area (Å²) in [4.78, 5) is 0. The lowest BCUT2D eigenvalue weighted by atomic mass is 10.3. The Morgan fingerprint density at radius 2 is 2.33 bits per heavy atom. The predicted octanol–water partition coefficient (Wildman–Crippen LogP) is 2.72. The molecular formula is C9H9BrO2. The van der Waals surface area contributed by atoms with E-state index in [1.54, 1.807) is 24.3 Å². The Bertz CT molecular complexity index is 284. The van der Waals surface area contributed by atoms with E-state index in [4.69, 9.17) is 9.84 Å². The number of phenolic OH excluding ortho intramolecular Hbond substituents is 1. The molecule has 0 spiro atoms. The molecular weight excluding hydrogens is 220 g/mol. The Labute approximate surface area is 79.6 Å². The van der Waals surface area contributed by atoms with E-state index in [-0.39, 0.29) is 5.75 Å². The molecule has 0 aliphatic carbocycles. The van der Waals surface area contributed by atoms with Crippen molar-refractivity contribution >= 4 is 15.9 Å². The van der Waals surface area contributed by atoms with E-state index in [0.717, 1.165) is 4.47 Å². The van der Waals surface area contributed by atoms with Gasteiger partial charge in [0.2, 0.25) is 0 Å². The summed E-state index contributed by atoms with van der Waals surface area (Å²) >= 11 is 3.29. The van der Waals surface area contributed by atoms with Gasteiger partial charge in [0.05, 0.1) is 4.47 Å².